The molecule has 0 radical (unpaired) electrons. The van der Waals surface area contributed by atoms with Gasteiger partial charge in [0.2, 0.25) is 0 Å². The number of phenols is 1. The van der Waals surface area contributed by atoms with Crippen LogP contribution in [0.4, 0.5) is 9.18 Å². The Morgan fingerprint density at radius 2 is 2.12 bits per heavy atom. The first-order valence-electron chi connectivity index (χ1n) is 8.26. The van der Waals surface area contributed by atoms with Crippen molar-refractivity contribution in [2.24, 2.45) is 11.0 Å². The molecule has 0 saturated heterocycles. The number of benzene rings is 2. The molecule has 4 rings (SSSR count). The monoisotopic (exact) mass is 355 g/mol. The van der Waals surface area contributed by atoms with E-state index < -0.39 is 6.04 Å². The molecule has 2 aliphatic rings. The van der Waals surface area contributed by atoms with Gasteiger partial charge < -0.3 is 14.7 Å². The van der Waals surface area contributed by atoms with Crippen LogP contribution in [-0.2, 0) is 0 Å². The molecule has 7 heteroatoms. The number of carbonyl (C=O) groups is 1. The Morgan fingerprint density at radius 3 is 2.85 bits per heavy atom. The van der Waals surface area contributed by atoms with Crippen LogP contribution in [0.3, 0.4) is 0 Å². The lowest BCUT2D eigenvalue weighted by molar-refractivity contribution is 0.139. The molecule has 0 aliphatic carbocycles. The average molecular weight is 355 g/mol. The standard InChI is InChI=1S/C19H18FN3O3/c1-22(2)19(25)23-18(11-4-3-5-13(24)8-11)15-10-26-16-7-6-12(20)9-14(16)17(15)21-23/h3-9,15,18,24H,10H2,1-2H3/t15-,18-/m1/s1. The summed E-state index contributed by atoms with van der Waals surface area (Å²) in [5.74, 6) is 0.0172. The first-order chi connectivity index (χ1) is 12.5. The third-order valence-corrected chi connectivity index (χ3v) is 4.64. The highest BCUT2D eigenvalue weighted by Crippen LogP contribution is 2.43. The third-order valence-electron chi connectivity index (χ3n) is 4.64. The number of fused-ring (bicyclic) bond motifs is 3. The lowest BCUT2D eigenvalue weighted by Crippen LogP contribution is -2.39. The lowest BCUT2D eigenvalue weighted by atomic mass is 9.86. The van der Waals surface area contributed by atoms with E-state index in [9.17, 15) is 14.3 Å². The molecule has 0 bridgehead atoms. The predicted octanol–water partition coefficient (Wildman–Crippen LogP) is 2.98. The van der Waals surface area contributed by atoms with E-state index in [4.69, 9.17) is 4.74 Å². The van der Waals surface area contributed by atoms with Gasteiger partial charge in [-0.05, 0) is 35.9 Å². The van der Waals surface area contributed by atoms with Crippen LogP contribution in [0, 0.1) is 11.7 Å². The Balaban J connectivity index is 1.84. The first kappa shape index (κ1) is 16.4. The molecule has 2 aromatic carbocycles. The summed E-state index contributed by atoms with van der Waals surface area (Å²) in [7, 11) is 3.29. The Morgan fingerprint density at radius 1 is 1.31 bits per heavy atom. The second-order valence-electron chi connectivity index (χ2n) is 6.60. The van der Waals surface area contributed by atoms with E-state index >= 15 is 0 Å². The number of nitrogens with zero attached hydrogens (tertiary/aromatic N) is 3. The maximum Gasteiger partial charge on any atom is 0.340 e. The van der Waals surface area contributed by atoms with E-state index in [1.807, 2.05) is 6.07 Å². The van der Waals surface area contributed by atoms with Crippen LogP contribution >= 0.6 is 0 Å². The van der Waals surface area contributed by atoms with Crippen LogP contribution in [0.15, 0.2) is 47.6 Å². The number of carbonyl (C=O) groups excluding carboxylic acids is 1. The fourth-order valence-electron chi connectivity index (χ4n) is 3.45. The van der Waals surface area contributed by atoms with Gasteiger partial charge in [-0.15, -0.1) is 0 Å². The van der Waals surface area contributed by atoms with Gasteiger partial charge in [0.15, 0.2) is 0 Å². The van der Waals surface area contributed by atoms with Crippen LogP contribution in [0.25, 0.3) is 0 Å². The van der Waals surface area contributed by atoms with Gasteiger partial charge >= 0.3 is 6.03 Å². The van der Waals surface area contributed by atoms with Gasteiger partial charge in [-0.2, -0.15) is 5.10 Å². The quantitative estimate of drug-likeness (QED) is 0.855. The summed E-state index contributed by atoms with van der Waals surface area (Å²) in [6.07, 6.45) is 0. The molecule has 134 valence electrons. The topological polar surface area (TPSA) is 65.4 Å². The average Bonchev–Trinajstić information content (AvgIpc) is 3.00. The Kier molecular flexibility index (Phi) is 3.79. The van der Waals surface area contributed by atoms with E-state index in [2.05, 4.69) is 5.10 Å². The molecule has 2 heterocycles. The van der Waals surface area contributed by atoms with E-state index in [0.717, 1.165) is 5.56 Å². The summed E-state index contributed by atoms with van der Waals surface area (Å²) in [6, 6.07) is 10.3. The first-order valence-corrected chi connectivity index (χ1v) is 8.26. The summed E-state index contributed by atoms with van der Waals surface area (Å²) in [4.78, 5) is 14.1. The number of hydrogen-bond donors (Lipinski definition) is 1. The number of aromatic hydroxyl groups is 1. The van der Waals surface area contributed by atoms with Crippen molar-refractivity contribution in [3.63, 3.8) is 0 Å². The van der Waals surface area contributed by atoms with Crippen molar-refractivity contribution >= 4 is 11.7 Å². The zero-order chi connectivity index (χ0) is 18.4. The van der Waals surface area contributed by atoms with Crippen molar-refractivity contribution in [3.8, 4) is 11.5 Å². The summed E-state index contributed by atoms with van der Waals surface area (Å²) < 4.78 is 19.6. The van der Waals surface area contributed by atoms with Crippen LogP contribution in [0.2, 0.25) is 0 Å². The largest absolute Gasteiger partial charge is 0.508 e. The molecule has 1 N–H and O–H groups in total. The molecule has 0 unspecified atom stereocenters. The van der Waals surface area contributed by atoms with Crippen molar-refractivity contribution in [3.05, 3.63) is 59.4 Å². The minimum atomic E-state index is -0.441. The SMILES string of the molecule is CN(C)C(=O)N1N=C2c3cc(F)ccc3OC[C@H]2[C@H]1c1cccc(O)c1. The van der Waals surface area contributed by atoms with Crippen molar-refractivity contribution in [2.75, 3.05) is 20.7 Å². The highest BCUT2D eigenvalue weighted by atomic mass is 19.1. The lowest BCUT2D eigenvalue weighted by Gasteiger charge is -2.30. The number of ether oxygens (including phenoxy) is 1. The highest BCUT2D eigenvalue weighted by molar-refractivity contribution is 6.07. The highest BCUT2D eigenvalue weighted by Gasteiger charge is 2.45. The minimum Gasteiger partial charge on any atom is -0.508 e. The summed E-state index contributed by atoms with van der Waals surface area (Å²) >= 11 is 0. The molecule has 0 saturated carbocycles. The number of phenolic OH excluding ortho intramolecular Hbond substituents is 1. The molecule has 0 aromatic heterocycles. The van der Waals surface area contributed by atoms with E-state index in [0.29, 0.717) is 23.6 Å². The van der Waals surface area contributed by atoms with Crippen molar-refractivity contribution in [1.29, 1.82) is 0 Å². The van der Waals surface area contributed by atoms with Crippen LogP contribution < -0.4 is 4.74 Å². The molecule has 0 spiro atoms. The van der Waals surface area contributed by atoms with Crippen molar-refractivity contribution in [1.82, 2.24) is 9.91 Å². The van der Waals surface area contributed by atoms with E-state index in [1.54, 1.807) is 38.4 Å². The zero-order valence-electron chi connectivity index (χ0n) is 14.4. The van der Waals surface area contributed by atoms with E-state index in [-0.39, 0.29) is 23.5 Å². The van der Waals surface area contributed by atoms with E-state index in [1.165, 1.54) is 22.0 Å². The normalized spacial score (nSPS) is 20.7. The van der Waals surface area contributed by atoms with Gasteiger partial charge in [0.1, 0.15) is 17.3 Å². The minimum absolute atomic E-state index is 0.108. The number of urea groups is 1. The van der Waals surface area contributed by atoms with Crippen LogP contribution in [0.1, 0.15) is 17.2 Å². The maximum absolute atomic E-state index is 13.8. The zero-order valence-corrected chi connectivity index (χ0v) is 14.4. The predicted molar refractivity (Wildman–Crippen MR) is 93.7 cm³/mol. The second kappa shape index (κ2) is 6.01. The molecule has 0 fully saturated rings. The molecule has 2 aliphatic heterocycles. The summed E-state index contributed by atoms with van der Waals surface area (Å²) in [5, 5.41) is 15.8. The molecule has 2 amide bonds. The third kappa shape index (κ3) is 2.56. The smallest absolute Gasteiger partial charge is 0.340 e. The Bertz CT molecular complexity index is 913. The van der Waals surface area contributed by atoms with Gasteiger partial charge in [0.25, 0.3) is 0 Å². The van der Waals surface area contributed by atoms with Gasteiger partial charge in [-0.1, -0.05) is 12.1 Å². The molecule has 2 aromatic rings. The van der Waals surface area contributed by atoms with Gasteiger partial charge in [-0.25, -0.2) is 14.2 Å². The van der Waals surface area contributed by atoms with Gasteiger partial charge in [-0.3, -0.25) is 0 Å². The molecule has 6 nitrogen and oxygen atoms in total. The van der Waals surface area contributed by atoms with Gasteiger partial charge in [0, 0.05) is 19.7 Å². The Hall–Kier alpha value is -3.09. The summed E-state index contributed by atoms with van der Waals surface area (Å²) in [5.41, 5.74) is 1.92. The molecular formula is C19H18FN3O3. The molecule has 26 heavy (non-hydrogen) atoms. The maximum atomic E-state index is 13.8. The fourth-order valence-corrected chi connectivity index (χ4v) is 3.45. The fraction of sp³-hybridized carbons (Fsp3) is 0.263. The number of amides is 2. The summed E-state index contributed by atoms with van der Waals surface area (Å²) in [6.45, 7) is 0.314. The number of hydrazone groups is 1. The Labute approximate surface area is 150 Å². The van der Waals surface area contributed by atoms with Crippen molar-refractivity contribution < 1.29 is 19.0 Å². The molecule has 2 atom stereocenters. The number of hydrogen-bond acceptors (Lipinski definition) is 4. The second-order valence-corrected chi connectivity index (χ2v) is 6.60. The number of halogens is 1. The molecular weight excluding hydrogens is 337 g/mol. The number of rotatable bonds is 1. The van der Waals surface area contributed by atoms with Gasteiger partial charge in [0.05, 0.1) is 24.3 Å². The van der Waals surface area contributed by atoms with Crippen LogP contribution in [0.5, 0.6) is 11.5 Å². The van der Waals surface area contributed by atoms with Crippen LogP contribution in [-0.4, -0.2) is 47.5 Å². The van der Waals surface area contributed by atoms with Crippen molar-refractivity contribution in [2.45, 2.75) is 6.04 Å².